The van der Waals surface area contributed by atoms with Gasteiger partial charge in [0.2, 0.25) is 0 Å². The molecular weight excluding hydrogens is 260 g/mol. The summed E-state index contributed by atoms with van der Waals surface area (Å²) in [6, 6.07) is 14.4. The summed E-state index contributed by atoms with van der Waals surface area (Å²) < 4.78 is 5.64. The van der Waals surface area contributed by atoms with Gasteiger partial charge >= 0.3 is 0 Å². The van der Waals surface area contributed by atoms with Crippen LogP contribution in [0.1, 0.15) is 37.0 Å². The van der Waals surface area contributed by atoms with Gasteiger partial charge in [-0.1, -0.05) is 44.2 Å². The fraction of sp³-hybridized carbons (Fsp3) is 0.444. The summed E-state index contributed by atoms with van der Waals surface area (Å²) in [5.41, 5.74) is 7.64. The number of nitrogens with two attached hydrogens (primary N) is 1. The summed E-state index contributed by atoms with van der Waals surface area (Å²) in [5, 5.41) is 0. The Balaban J connectivity index is 1.99. The minimum Gasteiger partial charge on any atom is -0.465 e. The van der Waals surface area contributed by atoms with Crippen molar-refractivity contribution in [2.75, 3.05) is 13.6 Å². The van der Waals surface area contributed by atoms with Gasteiger partial charge in [-0.05, 0) is 37.1 Å². The maximum atomic E-state index is 6.47. The highest BCUT2D eigenvalue weighted by Gasteiger charge is 2.29. The van der Waals surface area contributed by atoms with E-state index in [4.69, 9.17) is 10.2 Å². The Labute approximate surface area is 127 Å². The first-order chi connectivity index (χ1) is 9.88. The van der Waals surface area contributed by atoms with Crippen molar-refractivity contribution in [2.24, 2.45) is 11.1 Å². The molecule has 0 amide bonds. The number of nitrogens with zero attached hydrogens (tertiary/aromatic N) is 1. The third-order valence-electron chi connectivity index (χ3n) is 3.90. The normalized spacial score (nSPS) is 13.6. The summed E-state index contributed by atoms with van der Waals surface area (Å²) in [6.07, 6.45) is 0. The van der Waals surface area contributed by atoms with Crippen LogP contribution in [0.25, 0.3) is 0 Å². The van der Waals surface area contributed by atoms with Crippen molar-refractivity contribution < 1.29 is 4.42 Å². The van der Waals surface area contributed by atoms with E-state index in [9.17, 15) is 0 Å². The summed E-state index contributed by atoms with van der Waals surface area (Å²) in [6.45, 7) is 8.11. The Kier molecular flexibility index (Phi) is 4.86. The first kappa shape index (κ1) is 15.8. The lowest BCUT2D eigenvalue weighted by atomic mass is 9.80. The lowest BCUT2D eigenvalue weighted by Gasteiger charge is -2.35. The van der Waals surface area contributed by atoms with Crippen molar-refractivity contribution >= 4 is 0 Å². The fourth-order valence-electron chi connectivity index (χ4n) is 2.80. The topological polar surface area (TPSA) is 42.4 Å². The summed E-state index contributed by atoms with van der Waals surface area (Å²) in [5.74, 6) is 1.96. The molecule has 0 saturated heterocycles. The molecule has 0 fully saturated rings. The second-order valence-corrected chi connectivity index (χ2v) is 6.56. The van der Waals surface area contributed by atoms with E-state index in [0.717, 1.165) is 24.6 Å². The van der Waals surface area contributed by atoms with Crippen LogP contribution in [0.2, 0.25) is 0 Å². The summed E-state index contributed by atoms with van der Waals surface area (Å²) in [4.78, 5) is 2.26. The molecule has 3 heteroatoms. The molecule has 2 aromatic rings. The van der Waals surface area contributed by atoms with E-state index >= 15 is 0 Å². The number of benzene rings is 1. The second kappa shape index (κ2) is 6.46. The molecule has 0 saturated carbocycles. The van der Waals surface area contributed by atoms with Crippen LogP contribution >= 0.6 is 0 Å². The Bertz CT molecular complexity index is 560. The Morgan fingerprint density at radius 1 is 1.14 bits per heavy atom. The zero-order valence-electron chi connectivity index (χ0n) is 13.5. The molecule has 1 unspecified atom stereocenters. The van der Waals surface area contributed by atoms with Gasteiger partial charge < -0.3 is 10.2 Å². The van der Waals surface area contributed by atoms with Crippen LogP contribution in [0, 0.1) is 12.3 Å². The molecular formula is C18H26N2O. The lowest BCUT2D eigenvalue weighted by Crippen LogP contribution is -2.39. The highest BCUT2D eigenvalue weighted by atomic mass is 16.3. The molecule has 3 nitrogen and oxygen atoms in total. The van der Waals surface area contributed by atoms with Gasteiger partial charge in [-0.15, -0.1) is 0 Å². The van der Waals surface area contributed by atoms with Gasteiger partial charge in [0, 0.05) is 12.6 Å². The van der Waals surface area contributed by atoms with Crippen molar-refractivity contribution in [1.82, 2.24) is 4.90 Å². The molecule has 0 radical (unpaired) electrons. The Morgan fingerprint density at radius 3 is 2.38 bits per heavy atom. The smallest absolute Gasteiger partial charge is 0.118 e. The van der Waals surface area contributed by atoms with Crippen LogP contribution in [-0.2, 0) is 6.54 Å². The minimum atomic E-state index is -0.0161. The van der Waals surface area contributed by atoms with Crippen molar-refractivity contribution in [2.45, 2.75) is 33.4 Å². The Hall–Kier alpha value is -1.58. The first-order valence-corrected chi connectivity index (χ1v) is 7.43. The molecule has 0 spiro atoms. The minimum absolute atomic E-state index is 0.0134. The highest BCUT2D eigenvalue weighted by molar-refractivity contribution is 5.20. The van der Waals surface area contributed by atoms with Crippen LogP contribution in [0.5, 0.6) is 0 Å². The molecule has 0 aliphatic heterocycles. The molecule has 21 heavy (non-hydrogen) atoms. The molecule has 2 N–H and O–H groups in total. The maximum Gasteiger partial charge on any atom is 0.118 e. The predicted molar refractivity (Wildman–Crippen MR) is 86.9 cm³/mol. The van der Waals surface area contributed by atoms with Crippen LogP contribution < -0.4 is 5.73 Å². The van der Waals surface area contributed by atoms with Crippen LogP contribution in [0.3, 0.4) is 0 Å². The van der Waals surface area contributed by atoms with E-state index < -0.39 is 0 Å². The average molecular weight is 286 g/mol. The van der Waals surface area contributed by atoms with Crippen molar-refractivity contribution in [3.8, 4) is 0 Å². The van der Waals surface area contributed by atoms with Gasteiger partial charge in [-0.25, -0.2) is 0 Å². The van der Waals surface area contributed by atoms with E-state index in [0.29, 0.717) is 0 Å². The van der Waals surface area contributed by atoms with Gasteiger partial charge in [0.05, 0.1) is 6.54 Å². The zero-order chi connectivity index (χ0) is 15.5. The standard InChI is InChI=1S/C18H26N2O/c1-14-10-11-16(21-14)12-20(4)13-18(2,3)17(19)15-8-6-5-7-9-15/h5-11,17H,12-13,19H2,1-4H3. The SMILES string of the molecule is Cc1ccc(CN(C)CC(C)(C)C(N)c2ccccc2)o1. The molecule has 1 aromatic heterocycles. The van der Waals surface area contributed by atoms with Crippen LogP contribution in [0.15, 0.2) is 46.9 Å². The Morgan fingerprint density at radius 2 is 1.81 bits per heavy atom. The fourth-order valence-corrected chi connectivity index (χ4v) is 2.80. The van der Waals surface area contributed by atoms with Gasteiger partial charge in [-0.2, -0.15) is 0 Å². The molecule has 1 heterocycles. The molecule has 2 rings (SSSR count). The number of aryl methyl sites for hydroxylation is 1. The number of hydrogen-bond donors (Lipinski definition) is 1. The van der Waals surface area contributed by atoms with Gasteiger partial charge in [0.25, 0.3) is 0 Å². The summed E-state index contributed by atoms with van der Waals surface area (Å²) in [7, 11) is 2.11. The summed E-state index contributed by atoms with van der Waals surface area (Å²) >= 11 is 0. The molecule has 0 aliphatic carbocycles. The number of rotatable bonds is 6. The maximum absolute atomic E-state index is 6.47. The van der Waals surface area contributed by atoms with Crippen molar-refractivity contribution in [3.05, 3.63) is 59.5 Å². The van der Waals surface area contributed by atoms with E-state index in [1.54, 1.807) is 0 Å². The third-order valence-corrected chi connectivity index (χ3v) is 3.90. The molecule has 114 valence electrons. The monoisotopic (exact) mass is 286 g/mol. The predicted octanol–water partition coefficient (Wildman–Crippen LogP) is 3.75. The number of furan rings is 1. The lowest BCUT2D eigenvalue weighted by molar-refractivity contribution is 0.164. The van der Waals surface area contributed by atoms with Gasteiger partial charge in [-0.3, -0.25) is 4.90 Å². The van der Waals surface area contributed by atoms with Gasteiger partial charge in [0.15, 0.2) is 0 Å². The van der Waals surface area contributed by atoms with Crippen LogP contribution in [0.4, 0.5) is 0 Å². The van der Waals surface area contributed by atoms with Crippen molar-refractivity contribution in [3.63, 3.8) is 0 Å². The van der Waals surface area contributed by atoms with Crippen LogP contribution in [-0.4, -0.2) is 18.5 Å². The quantitative estimate of drug-likeness (QED) is 0.879. The molecule has 0 aliphatic rings. The average Bonchev–Trinajstić information content (AvgIpc) is 2.83. The second-order valence-electron chi connectivity index (χ2n) is 6.56. The van der Waals surface area contributed by atoms with Gasteiger partial charge in [0.1, 0.15) is 11.5 Å². The molecule has 1 aromatic carbocycles. The van der Waals surface area contributed by atoms with E-state index in [1.165, 1.54) is 5.56 Å². The highest BCUT2D eigenvalue weighted by Crippen LogP contribution is 2.32. The largest absolute Gasteiger partial charge is 0.465 e. The van der Waals surface area contributed by atoms with E-state index in [-0.39, 0.29) is 11.5 Å². The van der Waals surface area contributed by atoms with Crippen molar-refractivity contribution in [1.29, 1.82) is 0 Å². The number of hydrogen-bond acceptors (Lipinski definition) is 3. The first-order valence-electron chi connectivity index (χ1n) is 7.43. The van der Waals surface area contributed by atoms with E-state index in [2.05, 4.69) is 37.9 Å². The van der Waals surface area contributed by atoms with E-state index in [1.807, 2.05) is 37.3 Å². The zero-order valence-corrected chi connectivity index (χ0v) is 13.5. The molecule has 0 bridgehead atoms. The third kappa shape index (κ3) is 4.19. The molecule has 1 atom stereocenters.